The predicted molar refractivity (Wildman–Crippen MR) is 70.9 cm³/mol. The summed E-state index contributed by atoms with van der Waals surface area (Å²) in [5.41, 5.74) is 1.46. The highest BCUT2D eigenvalue weighted by Gasteiger charge is 2.47. The van der Waals surface area contributed by atoms with Crippen molar-refractivity contribution in [3.63, 3.8) is 0 Å². The Morgan fingerprint density at radius 1 is 0.938 bits per heavy atom. The highest BCUT2D eigenvalue weighted by Crippen LogP contribution is 2.52. The summed E-state index contributed by atoms with van der Waals surface area (Å²) in [6, 6.07) is 6.91. The van der Waals surface area contributed by atoms with Crippen LogP contribution in [0.1, 0.15) is 11.1 Å². The summed E-state index contributed by atoms with van der Waals surface area (Å²) >= 11 is 29.0. The van der Waals surface area contributed by atoms with Crippen LogP contribution in [0, 0.1) is 0 Å². The smallest absolute Gasteiger partial charge is 0.227 e. The standard InChI is InChI=1S/C10H9Cl5O/c11-9(12,10(13,14)15)8-3-1-7(2-4-8)5-6-16/h1-4,16H,5-6H2. The van der Waals surface area contributed by atoms with Crippen LogP contribution in [0.4, 0.5) is 0 Å². The number of rotatable bonds is 3. The molecule has 1 nitrogen and oxygen atoms in total. The van der Waals surface area contributed by atoms with Gasteiger partial charge < -0.3 is 5.11 Å². The van der Waals surface area contributed by atoms with E-state index in [-0.39, 0.29) is 6.61 Å². The highest BCUT2D eigenvalue weighted by molar-refractivity contribution is 6.75. The van der Waals surface area contributed by atoms with E-state index >= 15 is 0 Å². The van der Waals surface area contributed by atoms with Crippen LogP contribution in [0.3, 0.4) is 0 Å². The zero-order valence-electron chi connectivity index (χ0n) is 8.06. The van der Waals surface area contributed by atoms with Crippen molar-refractivity contribution >= 4 is 58.0 Å². The number of hydrogen-bond donors (Lipinski definition) is 1. The Morgan fingerprint density at radius 2 is 1.44 bits per heavy atom. The van der Waals surface area contributed by atoms with E-state index in [0.29, 0.717) is 12.0 Å². The molecular weight excluding hydrogens is 313 g/mol. The van der Waals surface area contributed by atoms with Gasteiger partial charge in [0.05, 0.1) is 0 Å². The van der Waals surface area contributed by atoms with Crippen molar-refractivity contribution in [3.8, 4) is 0 Å². The number of aliphatic hydroxyl groups is 1. The van der Waals surface area contributed by atoms with Crippen LogP contribution in [-0.4, -0.2) is 15.5 Å². The Morgan fingerprint density at radius 3 is 1.81 bits per heavy atom. The molecule has 0 atom stereocenters. The lowest BCUT2D eigenvalue weighted by Crippen LogP contribution is -2.28. The number of alkyl halides is 5. The van der Waals surface area contributed by atoms with Crippen molar-refractivity contribution in [2.75, 3.05) is 6.61 Å². The molecule has 0 aliphatic carbocycles. The van der Waals surface area contributed by atoms with Gasteiger partial charge in [-0.05, 0) is 17.5 Å². The quantitative estimate of drug-likeness (QED) is 0.826. The van der Waals surface area contributed by atoms with E-state index in [0.717, 1.165) is 5.56 Å². The first-order chi connectivity index (χ1) is 7.29. The molecule has 0 bridgehead atoms. The first-order valence-electron chi connectivity index (χ1n) is 4.44. The number of benzene rings is 1. The normalized spacial score (nSPS) is 12.9. The molecule has 0 spiro atoms. The van der Waals surface area contributed by atoms with E-state index in [2.05, 4.69) is 0 Å². The Balaban J connectivity index is 2.97. The third-order valence-electron chi connectivity index (χ3n) is 2.07. The van der Waals surface area contributed by atoms with Crippen molar-refractivity contribution in [2.45, 2.75) is 14.5 Å². The Labute approximate surface area is 119 Å². The summed E-state index contributed by atoms with van der Waals surface area (Å²) in [6.45, 7) is 0.0801. The molecule has 0 aliphatic heterocycles. The molecule has 1 N–H and O–H groups in total. The third-order valence-corrected chi connectivity index (χ3v) is 4.51. The lowest BCUT2D eigenvalue weighted by atomic mass is 10.1. The van der Waals surface area contributed by atoms with Crippen LogP contribution >= 0.6 is 58.0 Å². The van der Waals surface area contributed by atoms with Gasteiger partial charge in [0.25, 0.3) is 0 Å². The van der Waals surface area contributed by atoms with Crippen LogP contribution < -0.4 is 0 Å². The fourth-order valence-corrected chi connectivity index (χ4v) is 1.75. The molecule has 0 aromatic heterocycles. The molecule has 90 valence electrons. The molecule has 0 heterocycles. The molecule has 0 saturated carbocycles. The lowest BCUT2D eigenvalue weighted by molar-refractivity contribution is 0.299. The second kappa shape index (κ2) is 5.51. The molecule has 0 amide bonds. The number of hydrogen-bond acceptors (Lipinski definition) is 1. The predicted octanol–water partition coefficient (Wildman–Crippen LogP) is 4.22. The summed E-state index contributed by atoms with van der Waals surface area (Å²) in [7, 11) is 0. The number of halogens is 5. The van der Waals surface area contributed by atoms with Crippen molar-refractivity contribution in [1.82, 2.24) is 0 Å². The summed E-state index contributed by atoms with van der Waals surface area (Å²) in [6.07, 6.45) is 0.561. The van der Waals surface area contributed by atoms with E-state index in [4.69, 9.17) is 63.1 Å². The highest BCUT2D eigenvalue weighted by atomic mass is 35.6. The van der Waals surface area contributed by atoms with Crippen molar-refractivity contribution in [2.24, 2.45) is 0 Å². The van der Waals surface area contributed by atoms with Crippen molar-refractivity contribution < 1.29 is 5.11 Å². The largest absolute Gasteiger partial charge is 0.396 e. The Bertz CT molecular complexity index is 341. The minimum absolute atomic E-state index is 0.0801. The first kappa shape index (κ1) is 14.7. The van der Waals surface area contributed by atoms with E-state index in [1.54, 1.807) is 24.3 Å². The maximum atomic E-state index is 8.76. The molecule has 0 aliphatic rings. The fraction of sp³-hybridized carbons (Fsp3) is 0.400. The molecular formula is C10H9Cl5O. The molecule has 1 aromatic carbocycles. The molecule has 6 heteroatoms. The first-order valence-corrected chi connectivity index (χ1v) is 6.33. The van der Waals surface area contributed by atoms with E-state index in [1.807, 2.05) is 0 Å². The van der Waals surface area contributed by atoms with Gasteiger partial charge in [-0.1, -0.05) is 82.3 Å². The minimum Gasteiger partial charge on any atom is -0.396 e. The summed E-state index contributed by atoms with van der Waals surface area (Å²) in [5.74, 6) is 0. The van der Waals surface area contributed by atoms with Crippen LogP contribution in [-0.2, 0) is 10.8 Å². The lowest BCUT2D eigenvalue weighted by Gasteiger charge is -2.27. The summed E-state index contributed by atoms with van der Waals surface area (Å²) < 4.78 is -3.41. The van der Waals surface area contributed by atoms with E-state index in [9.17, 15) is 0 Å². The second-order valence-corrected chi connectivity index (χ2v) is 6.85. The Kier molecular flexibility index (Phi) is 5.06. The maximum Gasteiger partial charge on any atom is 0.227 e. The van der Waals surface area contributed by atoms with Crippen LogP contribution in [0.2, 0.25) is 0 Å². The van der Waals surface area contributed by atoms with Gasteiger partial charge in [-0.3, -0.25) is 0 Å². The molecule has 1 rings (SSSR count). The number of aliphatic hydroxyl groups excluding tert-OH is 1. The molecule has 0 unspecified atom stereocenters. The third kappa shape index (κ3) is 3.32. The molecule has 1 aromatic rings. The molecule has 16 heavy (non-hydrogen) atoms. The van der Waals surface area contributed by atoms with Gasteiger partial charge in [-0.15, -0.1) is 0 Å². The van der Waals surface area contributed by atoms with Crippen LogP contribution in [0.15, 0.2) is 24.3 Å². The summed E-state index contributed by atoms with van der Waals surface area (Å²) in [5, 5.41) is 8.76. The van der Waals surface area contributed by atoms with Crippen LogP contribution in [0.5, 0.6) is 0 Å². The van der Waals surface area contributed by atoms with Crippen LogP contribution in [0.25, 0.3) is 0 Å². The van der Waals surface area contributed by atoms with E-state index in [1.165, 1.54) is 0 Å². The zero-order chi connectivity index (χ0) is 12.4. The average molecular weight is 322 g/mol. The average Bonchev–Trinajstić information content (AvgIpc) is 2.17. The van der Waals surface area contributed by atoms with Crippen molar-refractivity contribution in [1.29, 1.82) is 0 Å². The van der Waals surface area contributed by atoms with Gasteiger partial charge in [-0.25, -0.2) is 0 Å². The minimum atomic E-state index is -1.81. The SMILES string of the molecule is OCCc1ccc(C(Cl)(Cl)C(Cl)(Cl)Cl)cc1. The van der Waals surface area contributed by atoms with Gasteiger partial charge in [0.2, 0.25) is 3.79 Å². The summed E-state index contributed by atoms with van der Waals surface area (Å²) in [4.78, 5) is 0. The topological polar surface area (TPSA) is 20.2 Å². The monoisotopic (exact) mass is 320 g/mol. The van der Waals surface area contributed by atoms with Gasteiger partial charge in [-0.2, -0.15) is 0 Å². The second-order valence-electron chi connectivity index (χ2n) is 3.24. The fourth-order valence-electron chi connectivity index (χ4n) is 1.17. The molecule has 0 fully saturated rings. The van der Waals surface area contributed by atoms with Crippen molar-refractivity contribution in [3.05, 3.63) is 35.4 Å². The molecule has 0 radical (unpaired) electrons. The van der Waals surface area contributed by atoms with Gasteiger partial charge >= 0.3 is 0 Å². The van der Waals surface area contributed by atoms with Gasteiger partial charge in [0.1, 0.15) is 0 Å². The zero-order valence-corrected chi connectivity index (χ0v) is 11.8. The van der Waals surface area contributed by atoms with Gasteiger partial charge in [0, 0.05) is 6.61 Å². The van der Waals surface area contributed by atoms with E-state index < -0.39 is 8.13 Å². The van der Waals surface area contributed by atoms with Gasteiger partial charge in [0.15, 0.2) is 4.33 Å². The Hall–Kier alpha value is 0.630. The molecule has 0 saturated heterocycles. The maximum absolute atomic E-state index is 8.76.